The third-order valence-electron chi connectivity index (χ3n) is 3.89. The summed E-state index contributed by atoms with van der Waals surface area (Å²) in [5.74, 6) is 0.581. The molecule has 2 aromatic carbocycles. The van der Waals surface area contributed by atoms with Gasteiger partial charge in [-0.15, -0.1) is 0 Å². The molecule has 114 valence electrons. The fourth-order valence-corrected chi connectivity index (χ4v) is 3.95. The molecule has 1 saturated heterocycles. The van der Waals surface area contributed by atoms with E-state index in [1.165, 1.54) is 11.8 Å². The van der Waals surface area contributed by atoms with Crippen LogP contribution < -0.4 is 0 Å². The smallest absolute Gasteiger partial charge is 0.239 e. The summed E-state index contributed by atoms with van der Waals surface area (Å²) in [5, 5.41) is 0.796. The lowest BCUT2D eigenvalue weighted by molar-refractivity contribution is -0.125. The molecule has 2 aliphatic heterocycles. The average Bonchev–Trinajstić information content (AvgIpc) is 2.97. The molecule has 0 radical (unpaired) electrons. The van der Waals surface area contributed by atoms with E-state index >= 15 is 0 Å². The van der Waals surface area contributed by atoms with Gasteiger partial charge in [0.25, 0.3) is 0 Å². The topological polar surface area (TPSA) is 32.7 Å². The van der Waals surface area contributed by atoms with E-state index in [1.807, 2.05) is 47.4 Å². The molecule has 3 nitrogen and oxygen atoms in total. The Morgan fingerprint density at radius 2 is 1.83 bits per heavy atom. The number of carbonyl (C=O) groups is 1. The van der Waals surface area contributed by atoms with Gasteiger partial charge in [0, 0.05) is 10.0 Å². The van der Waals surface area contributed by atoms with Crippen LogP contribution in [0.15, 0.2) is 70.1 Å². The van der Waals surface area contributed by atoms with Crippen LogP contribution in [0.4, 0.5) is 0 Å². The summed E-state index contributed by atoms with van der Waals surface area (Å²) < 4.78 is 1.04. The summed E-state index contributed by atoms with van der Waals surface area (Å²) in [5.41, 5.74) is 3.08. The van der Waals surface area contributed by atoms with Crippen LogP contribution in [0.3, 0.4) is 0 Å². The Labute approximate surface area is 147 Å². The fourth-order valence-electron chi connectivity index (χ4n) is 2.77. The number of amides is 1. The van der Waals surface area contributed by atoms with Crippen molar-refractivity contribution in [3.8, 4) is 0 Å². The van der Waals surface area contributed by atoms with Gasteiger partial charge in [-0.25, -0.2) is 4.99 Å². The van der Waals surface area contributed by atoms with Crippen molar-refractivity contribution in [2.75, 3.05) is 5.75 Å². The Balaban J connectivity index is 1.81. The number of nitrogens with zero attached hydrogens (tertiary/aromatic N) is 2. The van der Waals surface area contributed by atoms with Crippen LogP contribution in [0.5, 0.6) is 0 Å². The van der Waals surface area contributed by atoms with E-state index in [-0.39, 0.29) is 11.9 Å². The zero-order valence-corrected chi connectivity index (χ0v) is 14.5. The highest BCUT2D eigenvalue weighted by Gasteiger charge is 2.37. The fraction of sp³-hybridized carbons (Fsp3) is 0.111. The van der Waals surface area contributed by atoms with Gasteiger partial charge in [-0.1, -0.05) is 70.2 Å². The highest BCUT2D eigenvalue weighted by Crippen LogP contribution is 2.38. The van der Waals surface area contributed by atoms with E-state index in [9.17, 15) is 4.79 Å². The molecule has 0 bridgehead atoms. The second kappa shape index (κ2) is 5.98. The minimum Gasteiger partial charge on any atom is -0.279 e. The molecule has 5 heteroatoms. The predicted octanol–water partition coefficient (Wildman–Crippen LogP) is 4.48. The van der Waals surface area contributed by atoms with Gasteiger partial charge in [0.15, 0.2) is 5.17 Å². The number of rotatable bonds is 2. The summed E-state index contributed by atoms with van der Waals surface area (Å²) in [7, 11) is 0. The van der Waals surface area contributed by atoms with Gasteiger partial charge in [0.05, 0.1) is 17.5 Å². The molecule has 0 aliphatic carbocycles. The highest BCUT2D eigenvalue weighted by atomic mass is 79.9. The lowest BCUT2D eigenvalue weighted by atomic mass is 10.0. The summed E-state index contributed by atoms with van der Waals surface area (Å²) >= 11 is 4.97. The van der Waals surface area contributed by atoms with Gasteiger partial charge in [-0.05, 0) is 23.8 Å². The summed E-state index contributed by atoms with van der Waals surface area (Å²) in [4.78, 5) is 18.8. The Morgan fingerprint density at radius 3 is 2.57 bits per heavy atom. The van der Waals surface area contributed by atoms with Gasteiger partial charge in [-0.2, -0.15) is 0 Å². The SMILES string of the molecule is O=C1CSC2=NC(c3ccc(Br)cc3)=C[C@@H](c3ccccc3)N12. The van der Waals surface area contributed by atoms with Gasteiger partial charge in [-0.3, -0.25) is 9.69 Å². The molecule has 0 aromatic heterocycles. The maximum absolute atomic E-state index is 12.3. The standard InChI is InChI=1S/C18H13BrN2OS/c19-14-8-6-12(7-9-14)15-10-16(13-4-2-1-3-5-13)21-17(22)11-23-18(21)20-15/h1-10,16H,11H2/t16-/m0/s1. The maximum Gasteiger partial charge on any atom is 0.239 e. The molecular formula is C18H13BrN2OS. The van der Waals surface area contributed by atoms with E-state index in [0.29, 0.717) is 5.75 Å². The Bertz CT molecular complexity index is 815. The van der Waals surface area contributed by atoms with Crippen molar-refractivity contribution in [2.45, 2.75) is 6.04 Å². The van der Waals surface area contributed by atoms with Gasteiger partial charge < -0.3 is 0 Å². The van der Waals surface area contributed by atoms with Crippen LogP contribution in [0.25, 0.3) is 5.70 Å². The van der Waals surface area contributed by atoms with Crippen molar-refractivity contribution in [2.24, 2.45) is 4.99 Å². The largest absolute Gasteiger partial charge is 0.279 e. The van der Waals surface area contributed by atoms with E-state index < -0.39 is 0 Å². The number of halogens is 1. The van der Waals surface area contributed by atoms with Crippen molar-refractivity contribution >= 4 is 44.5 Å². The van der Waals surface area contributed by atoms with Gasteiger partial charge in [0.2, 0.25) is 5.91 Å². The maximum atomic E-state index is 12.3. The highest BCUT2D eigenvalue weighted by molar-refractivity contribution is 9.10. The Hall–Kier alpha value is -1.85. The lowest BCUT2D eigenvalue weighted by Gasteiger charge is -2.29. The first-order valence-electron chi connectivity index (χ1n) is 7.28. The van der Waals surface area contributed by atoms with Crippen LogP contribution in [0, 0.1) is 0 Å². The molecule has 0 N–H and O–H groups in total. The van der Waals surface area contributed by atoms with E-state index in [0.717, 1.165) is 26.5 Å². The van der Waals surface area contributed by atoms with Crippen molar-refractivity contribution in [1.29, 1.82) is 0 Å². The molecule has 2 heterocycles. The molecule has 0 unspecified atom stereocenters. The van der Waals surface area contributed by atoms with E-state index in [2.05, 4.69) is 34.1 Å². The molecule has 1 atom stereocenters. The Morgan fingerprint density at radius 1 is 1.09 bits per heavy atom. The third kappa shape index (κ3) is 2.75. The molecule has 0 saturated carbocycles. The minimum absolute atomic E-state index is 0.0927. The Kier molecular flexibility index (Phi) is 3.83. The summed E-state index contributed by atoms with van der Waals surface area (Å²) in [6.45, 7) is 0. The van der Waals surface area contributed by atoms with Crippen molar-refractivity contribution in [3.63, 3.8) is 0 Å². The second-order valence-corrected chi connectivity index (χ2v) is 7.22. The molecule has 2 aliphatic rings. The van der Waals surface area contributed by atoms with E-state index in [4.69, 9.17) is 4.99 Å². The van der Waals surface area contributed by atoms with Crippen LogP contribution in [0.1, 0.15) is 17.2 Å². The van der Waals surface area contributed by atoms with Crippen LogP contribution in [-0.4, -0.2) is 21.7 Å². The normalized spacial score (nSPS) is 20.1. The zero-order valence-electron chi connectivity index (χ0n) is 12.1. The number of benzene rings is 2. The molecule has 1 amide bonds. The van der Waals surface area contributed by atoms with Crippen LogP contribution in [-0.2, 0) is 4.79 Å². The quantitative estimate of drug-likeness (QED) is 0.764. The van der Waals surface area contributed by atoms with Gasteiger partial charge >= 0.3 is 0 Å². The first kappa shape index (κ1) is 14.7. The monoisotopic (exact) mass is 384 g/mol. The number of fused-ring (bicyclic) bond motifs is 1. The number of hydrogen-bond donors (Lipinski definition) is 0. The molecule has 1 fully saturated rings. The average molecular weight is 385 g/mol. The summed E-state index contributed by atoms with van der Waals surface area (Å²) in [6, 6.07) is 18.1. The molecular weight excluding hydrogens is 372 g/mol. The van der Waals surface area contributed by atoms with Gasteiger partial charge in [0.1, 0.15) is 0 Å². The number of carbonyl (C=O) groups excluding carboxylic acids is 1. The zero-order chi connectivity index (χ0) is 15.8. The number of aliphatic imine (C=N–C) groups is 1. The predicted molar refractivity (Wildman–Crippen MR) is 98.0 cm³/mol. The minimum atomic E-state index is -0.0927. The van der Waals surface area contributed by atoms with Crippen molar-refractivity contribution in [3.05, 3.63) is 76.3 Å². The summed E-state index contributed by atoms with van der Waals surface area (Å²) in [6.07, 6.45) is 2.08. The number of hydrogen-bond acceptors (Lipinski definition) is 3. The number of amidine groups is 1. The van der Waals surface area contributed by atoms with Crippen molar-refractivity contribution in [1.82, 2.24) is 4.90 Å². The molecule has 23 heavy (non-hydrogen) atoms. The lowest BCUT2D eigenvalue weighted by Crippen LogP contribution is -2.34. The van der Waals surface area contributed by atoms with E-state index in [1.54, 1.807) is 0 Å². The first-order chi connectivity index (χ1) is 11.2. The first-order valence-corrected chi connectivity index (χ1v) is 9.06. The molecule has 2 aromatic rings. The van der Waals surface area contributed by atoms with Crippen molar-refractivity contribution < 1.29 is 4.79 Å². The van der Waals surface area contributed by atoms with Crippen LogP contribution in [0.2, 0.25) is 0 Å². The van der Waals surface area contributed by atoms with Crippen LogP contribution >= 0.6 is 27.7 Å². The number of thioether (sulfide) groups is 1. The molecule has 4 rings (SSSR count). The molecule has 0 spiro atoms. The second-order valence-electron chi connectivity index (χ2n) is 5.36. The third-order valence-corrected chi connectivity index (χ3v) is 5.36.